The summed E-state index contributed by atoms with van der Waals surface area (Å²) in [7, 11) is 0. The van der Waals surface area contributed by atoms with E-state index in [-0.39, 0.29) is 0 Å². The molecule has 0 aromatic heterocycles. The van der Waals surface area contributed by atoms with Gasteiger partial charge >= 0.3 is 0 Å². The van der Waals surface area contributed by atoms with Gasteiger partial charge in [-0.1, -0.05) is 31.5 Å². The van der Waals surface area contributed by atoms with E-state index in [2.05, 4.69) is 78.9 Å². The normalized spacial score (nSPS) is 13.7. The molecule has 2 nitrogen and oxygen atoms in total. The lowest BCUT2D eigenvalue weighted by Gasteiger charge is -2.06. The topological polar surface area (TPSA) is 15.4 Å². The smallest absolute Gasteiger partial charge is 0.200 e. The maximum Gasteiger partial charge on any atom is 0.200 e. The third kappa shape index (κ3) is 4.52. The molecule has 0 atom stereocenters. The summed E-state index contributed by atoms with van der Waals surface area (Å²) in [6, 6.07) is 8.31. The van der Waals surface area contributed by atoms with Crippen LogP contribution in [0.25, 0.3) is 0 Å². The maximum absolute atomic E-state index is 4.66. The average Bonchev–Trinajstić information content (AvgIpc) is 2.50. The van der Waals surface area contributed by atoms with Crippen molar-refractivity contribution in [2.45, 2.75) is 33.6 Å². The SMILES string of the molecule is CCC[N+](CCC)=C1C=CC(=Nc2ccc(C)cc2)C=C1. The van der Waals surface area contributed by atoms with E-state index < -0.39 is 0 Å². The van der Waals surface area contributed by atoms with Gasteiger partial charge in [-0.25, -0.2) is 9.57 Å². The molecule has 1 aromatic carbocycles. The number of aliphatic imine (C=N–C) groups is 1. The van der Waals surface area contributed by atoms with Crippen molar-refractivity contribution in [2.24, 2.45) is 4.99 Å². The second kappa shape index (κ2) is 7.72. The lowest BCUT2D eigenvalue weighted by molar-refractivity contribution is -0.526. The first-order valence-electron chi connectivity index (χ1n) is 7.86. The molecule has 0 spiro atoms. The number of rotatable bonds is 5. The lowest BCUT2D eigenvalue weighted by atomic mass is 10.1. The van der Waals surface area contributed by atoms with E-state index in [0.29, 0.717) is 0 Å². The van der Waals surface area contributed by atoms with Crippen molar-refractivity contribution in [3.05, 3.63) is 54.1 Å². The van der Waals surface area contributed by atoms with E-state index in [1.807, 2.05) is 0 Å². The highest BCUT2D eigenvalue weighted by molar-refractivity contribution is 6.17. The molecular weight excluding hydrogens is 256 g/mol. The van der Waals surface area contributed by atoms with Crippen LogP contribution in [0.3, 0.4) is 0 Å². The zero-order valence-corrected chi connectivity index (χ0v) is 13.3. The van der Waals surface area contributed by atoms with Crippen LogP contribution in [-0.2, 0) is 0 Å². The first-order chi connectivity index (χ1) is 10.2. The Morgan fingerprint density at radius 1 is 0.857 bits per heavy atom. The van der Waals surface area contributed by atoms with Crippen molar-refractivity contribution >= 4 is 17.1 Å². The Labute approximate surface area is 128 Å². The van der Waals surface area contributed by atoms with Gasteiger partial charge in [-0.2, -0.15) is 0 Å². The molecule has 21 heavy (non-hydrogen) atoms. The Kier molecular flexibility index (Phi) is 5.68. The number of aryl methyl sites for hydroxylation is 1. The first kappa shape index (κ1) is 15.4. The van der Waals surface area contributed by atoms with Gasteiger partial charge in [0.25, 0.3) is 0 Å². The van der Waals surface area contributed by atoms with Gasteiger partial charge in [0.15, 0.2) is 5.71 Å². The van der Waals surface area contributed by atoms with Crippen LogP contribution in [0.15, 0.2) is 53.6 Å². The van der Waals surface area contributed by atoms with Gasteiger partial charge in [-0.15, -0.1) is 0 Å². The van der Waals surface area contributed by atoms with E-state index in [4.69, 9.17) is 0 Å². The van der Waals surface area contributed by atoms with Crippen molar-refractivity contribution in [3.8, 4) is 0 Å². The van der Waals surface area contributed by atoms with Crippen LogP contribution in [0.4, 0.5) is 5.69 Å². The van der Waals surface area contributed by atoms with E-state index in [1.54, 1.807) is 0 Å². The summed E-state index contributed by atoms with van der Waals surface area (Å²) in [5.74, 6) is 0. The third-order valence-corrected chi connectivity index (χ3v) is 3.49. The van der Waals surface area contributed by atoms with Crippen molar-refractivity contribution < 1.29 is 4.58 Å². The summed E-state index contributed by atoms with van der Waals surface area (Å²) < 4.78 is 2.44. The van der Waals surface area contributed by atoms with Gasteiger partial charge in [0.1, 0.15) is 13.1 Å². The molecule has 1 aromatic rings. The molecule has 2 rings (SSSR count). The predicted molar refractivity (Wildman–Crippen MR) is 92.1 cm³/mol. The minimum atomic E-state index is 1.01. The Hall–Kier alpha value is -1.96. The van der Waals surface area contributed by atoms with Gasteiger partial charge in [-0.05, 0) is 31.2 Å². The van der Waals surface area contributed by atoms with Crippen molar-refractivity contribution in [2.75, 3.05) is 13.1 Å². The number of hydrogen-bond donors (Lipinski definition) is 0. The maximum atomic E-state index is 4.66. The molecule has 0 fully saturated rings. The molecule has 0 unspecified atom stereocenters. The molecule has 0 heterocycles. The van der Waals surface area contributed by atoms with Crippen LogP contribution >= 0.6 is 0 Å². The molecule has 0 aliphatic heterocycles. The Morgan fingerprint density at radius 2 is 1.43 bits per heavy atom. The van der Waals surface area contributed by atoms with Crippen LogP contribution in [0.5, 0.6) is 0 Å². The lowest BCUT2D eigenvalue weighted by Crippen LogP contribution is -2.22. The zero-order valence-electron chi connectivity index (χ0n) is 13.3. The number of nitrogens with zero attached hydrogens (tertiary/aromatic N) is 2. The molecule has 0 N–H and O–H groups in total. The monoisotopic (exact) mass is 281 g/mol. The van der Waals surface area contributed by atoms with Gasteiger partial charge in [0.05, 0.1) is 11.4 Å². The van der Waals surface area contributed by atoms with Crippen LogP contribution in [0.2, 0.25) is 0 Å². The summed E-state index contributed by atoms with van der Waals surface area (Å²) in [4.78, 5) is 4.66. The Morgan fingerprint density at radius 3 is 1.95 bits per heavy atom. The summed E-state index contributed by atoms with van der Waals surface area (Å²) in [6.45, 7) is 8.77. The van der Waals surface area contributed by atoms with Crippen LogP contribution in [-0.4, -0.2) is 29.1 Å². The number of hydrogen-bond acceptors (Lipinski definition) is 1. The van der Waals surface area contributed by atoms with Gasteiger partial charge in [0, 0.05) is 25.0 Å². The molecule has 0 radical (unpaired) electrons. The van der Waals surface area contributed by atoms with Crippen molar-refractivity contribution in [1.29, 1.82) is 0 Å². The second-order valence-corrected chi connectivity index (χ2v) is 5.45. The van der Waals surface area contributed by atoms with Crippen molar-refractivity contribution in [3.63, 3.8) is 0 Å². The van der Waals surface area contributed by atoms with E-state index in [9.17, 15) is 0 Å². The summed E-state index contributed by atoms with van der Waals surface area (Å²) in [5, 5.41) is 0. The molecule has 1 aliphatic carbocycles. The highest BCUT2D eigenvalue weighted by atomic mass is 15.0. The third-order valence-electron chi connectivity index (χ3n) is 3.49. The Balaban J connectivity index is 2.16. The van der Waals surface area contributed by atoms with Gasteiger partial charge < -0.3 is 0 Å². The van der Waals surface area contributed by atoms with E-state index in [0.717, 1.165) is 24.5 Å². The standard InChI is InChI=1S/C19H25N2/c1-4-14-21(15-5-2)19-12-10-18(11-13-19)20-17-8-6-16(3)7-9-17/h6-13H,4-5,14-15H2,1-3H3/q+1. The zero-order chi connectivity index (χ0) is 15.1. The quantitative estimate of drug-likeness (QED) is 0.559. The molecular formula is C19H25N2+. The number of benzene rings is 1. The van der Waals surface area contributed by atoms with Crippen molar-refractivity contribution in [1.82, 2.24) is 0 Å². The fourth-order valence-electron chi connectivity index (χ4n) is 2.42. The molecule has 1 aliphatic rings. The predicted octanol–water partition coefficient (Wildman–Crippen LogP) is 4.47. The minimum absolute atomic E-state index is 1.01. The van der Waals surface area contributed by atoms with Crippen LogP contribution in [0, 0.1) is 6.92 Å². The summed E-state index contributed by atoms with van der Waals surface area (Å²) >= 11 is 0. The van der Waals surface area contributed by atoms with E-state index >= 15 is 0 Å². The molecule has 0 amide bonds. The highest BCUT2D eigenvalue weighted by Gasteiger charge is 2.10. The molecule has 0 saturated carbocycles. The highest BCUT2D eigenvalue weighted by Crippen LogP contribution is 2.14. The van der Waals surface area contributed by atoms with Crippen LogP contribution < -0.4 is 0 Å². The van der Waals surface area contributed by atoms with E-state index in [1.165, 1.54) is 24.1 Å². The minimum Gasteiger partial charge on any atom is -0.249 e. The van der Waals surface area contributed by atoms with Gasteiger partial charge in [-0.3, -0.25) is 0 Å². The fraction of sp³-hybridized carbons (Fsp3) is 0.368. The van der Waals surface area contributed by atoms with Gasteiger partial charge in [0.2, 0.25) is 0 Å². The largest absolute Gasteiger partial charge is 0.249 e. The summed E-state index contributed by atoms with van der Waals surface area (Å²) in [6.07, 6.45) is 10.9. The Bertz CT molecular complexity index is 560. The first-order valence-corrected chi connectivity index (χ1v) is 7.86. The number of allylic oxidation sites excluding steroid dienone is 4. The molecule has 2 heteroatoms. The van der Waals surface area contributed by atoms with Crippen LogP contribution in [0.1, 0.15) is 32.3 Å². The molecule has 110 valence electrons. The second-order valence-electron chi connectivity index (χ2n) is 5.45. The summed E-state index contributed by atoms with van der Waals surface area (Å²) in [5.41, 5.74) is 4.57. The fourth-order valence-corrected chi connectivity index (χ4v) is 2.42. The molecule has 0 saturated heterocycles. The average molecular weight is 281 g/mol. The molecule has 0 bridgehead atoms.